The molecule has 0 saturated carbocycles. The predicted octanol–water partition coefficient (Wildman–Crippen LogP) is 1.62. The Morgan fingerprint density at radius 1 is 1.00 bits per heavy atom. The van der Waals surface area contributed by atoms with E-state index >= 15 is 0 Å². The molecule has 1 atom stereocenters. The van der Waals surface area contributed by atoms with Gasteiger partial charge in [0.2, 0.25) is 5.91 Å². The molecule has 7 heteroatoms. The van der Waals surface area contributed by atoms with Gasteiger partial charge in [-0.2, -0.15) is 0 Å². The van der Waals surface area contributed by atoms with Gasteiger partial charge in [-0.15, -0.1) is 0 Å². The molecule has 2 fully saturated rings. The van der Waals surface area contributed by atoms with Crippen LogP contribution >= 0.6 is 0 Å². The number of hydrogen-bond acceptors (Lipinski definition) is 5. The number of nitrogens with two attached hydrogens (primary N) is 1. The highest BCUT2D eigenvalue weighted by molar-refractivity contribution is 5.90. The maximum Gasteiger partial charge on any atom is 0.267 e. The van der Waals surface area contributed by atoms with E-state index in [1.165, 1.54) is 32.0 Å². The van der Waals surface area contributed by atoms with Gasteiger partial charge in [0.1, 0.15) is 12.0 Å². The summed E-state index contributed by atoms with van der Waals surface area (Å²) in [5, 5.41) is 0. The highest BCUT2D eigenvalue weighted by Gasteiger charge is 2.23. The van der Waals surface area contributed by atoms with Crippen LogP contribution in [0.2, 0.25) is 0 Å². The molecule has 2 N–H and O–H groups in total. The zero-order valence-corrected chi connectivity index (χ0v) is 16.1. The Kier molecular flexibility index (Phi) is 7.15. The van der Waals surface area contributed by atoms with Gasteiger partial charge in [-0.1, -0.05) is 12.8 Å². The molecule has 1 aromatic rings. The lowest BCUT2D eigenvalue weighted by molar-refractivity contribution is -0.132. The lowest BCUT2D eigenvalue weighted by Crippen LogP contribution is -2.41. The average Bonchev–Trinajstić information content (AvgIpc) is 3.05. The normalized spacial score (nSPS) is 22.1. The molecule has 2 aliphatic rings. The van der Waals surface area contributed by atoms with Gasteiger partial charge < -0.3 is 10.6 Å². The van der Waals surface area contributed by atoms with Gasteiger partial charge in [0.15, 0.2) is 0 Å². The van der Waals surface area contributed by atoms with Crippen LogP contribution in [0.3, 0.4) is 0 Å². The summed E-state index contributed by atoms with van der Waals surface area (Å²) in [5.74, 6) is 0.219. The molecule has 2 saturated heterocycles. The maximum atomic E-state index is 12.7. The van der Waals surface area contributed by atoms with E-state index in [1.54, 1.807) is 6.07 Å². The molecule has 0 bridgehead atoms. The quantitative estimate of drug-likeness (QED) is 0.847. The van der Waals surface area contributed by atoms with Crippen molar-refractivity contribution in [1.29, 1.82) is 0 Å². The zero-order valence-electron chi connectivity index (χ0n) is 16.1. The second kappa shape index (κ2) is 9.78. The minimum Gasteiger partial charge on any atom is -0.364 e. The van der Waals surface area contributed by atoms with Crippen molar-refractivity contribution in [2.45, 2.75) is 51.4 Å². The smallest absolute Gasteiger partial charge is 0.267 e. The summed E-state index contributed by atoms with van der Waals surface area (Å²) in [6, 6.07) is 1.69. The number of carbonyl (C=O) groups is 2. The molecule has 148 valence electrons. The van der Waals surface area contributed by atoms with Crippen LogP contribution in [0.5, 0.6) is 0 Å². The Hall–Kier alpha value is -2.02. The van der Waals surface area contributed by atoms with E-state index in [0.29, 0.717) is 12.5 Å². The summed E-state index contributed by atoms with van der Waals surface area (Å²) in [5.41, 5.74) is 6.42. The van der Waals surface area contributed by atoms with Crippen LogP contribution < -0.4 is 5.73 Å². The molecule has 3 heterocycles. The molecule has 3 rings (SSSR count). The number of amides is 2. The van der Waals surface area contributed by atoms with E-state index in [-0.39, 0.29) is 11.6 Å². The summed E-state index contributed by atoms with van der Waals surface area (Å²) in [6.07, 6.45) is 10.3. The Labute approximate surface area is 161 Å². The van der Waals surface area contributed by atoms with Crippen LogP contribution in [0.25, 0.3) is 0 Å². The standard InChI is InChI=1S/C20H31N5O2/c21-20(27)18-13-17(22-15-23-18)12-16-6-5-10-25(11-7-16)19(26)14-24-8-3-1-2-4-9-24/h13,15-16H,1-12,14H2,(H2,21,27). The largest absolute Gasteiger partial charge is 0.364 e. The van der Waals surface area contributed by atoms with Crippen LogP contribution in [0, 0.1) is 5.92 Å². The van der Waals surface area contributed by atoms with E-state index in [4.69, 9.17) is 5.73 Å². The third-order valence-electron chi connectivity index (χ3n) is 5.73. The third-order valence-corrected chi connectivity index (χ3v) is 5.73. The Morgan fingerprint density at radius 2 is 1.78 bits per heavy atom. The summed E-state index contributed by atoms with van der Waals surface area (Å²) < 4.78 is 0. The fourth-order valence-corrected chi connectivity index (χ4v) is 4.14. The summed E-state index contributed by atoms with van der Waals surface area (Å²) in [4.78, 5) is 36.6. The van der Waals surface area contributed by atoms with Gasteiger partial charge in [-0.05, 0) is 63.6 Å². The van der Waals surface area contributed by atoms with E-state index < -0.39 is 5.91 Å². The van der Waals surface area contributed by atoms with Crippen molar-refractivity contribution in [3.05, 3.63) is 23.8 Å². The fourth-order valence-electron chi connectivity index (χ4n) is 4.14. The average molecular weight is 374 g/mol. The Bertz CT molecular complexity index is 643. The van der Waals surface area contributed by atoms with Crippen molar-refractivity contribution in [2.24, 2.45) is 11.7 Å². The third kappa shape index (κ3) is 5.99. The van der Waals surface area contributed by atoms with Crippen LogP contribution in [0.4, 0.5) is 0 Å². The lowest BCUT2D eigenvalue weighted by atomic mass is 9.95. The molecule has 0 radical (unpaired) electrons. The predicted molar refractivity (Wildman–Crippen MR) is 103 cm³/mol. The number of primary amides is 1. The summed E-state index contributed by atoms with van der Waals surface area (Å²) in [7, 11) is 0. The van der Waals surface area contributed by atoms with Crippen LogP contribution in [-0.4, -0.2) is 64.3 Å². The molecule has 0 aliphatic carbocycles. The Balaban J connectivity index is 1.50. The van der Waals surface area contributed by atoms with Crippen molar-refractivity contribution in [2.75, 3.05) is 32.7 Å². The number of rotatable bonds is 5. The molecule has 1 aromatic heterocycles. The first-order chi connectivity index (χ1) is 13.1. The number of carbonyl (C=O) groups excluding carboxylic acids is 2. The first kappa shape index (κ1) is 19.7. The topological polar surface area (TPSA) is 92.4 Å². The summed E-state index contributed by atoms with van der Waals surface area (Å²) in [6.45, 7) is 4.33. The van der Waals surface area contributed by atoms with Gasteiger partial charge in [0, 0.05) is 18.8 Å². The van der Waals surface area contributed by atoms with Crippen molar-refractivity contribution in [3.8, 4) is 0 Å². The minimum absolute atomic E-state index is 0.267. The van der Waals surface area contributed by atoms with Gasteiger partial charge in [0.25, 0.3) is 5.91 Å². The lowest BCUT2D eigenvalue weighted by Gasteiger charge is -2.25. The fraction of sp³-hybridized carbons (Fsp3) is 0.700. The maximum absolute atomic E-state index is 12.7. The van der Waals surface area contributed by atoms with Crippen molar-refractivity contribution in [3.63, 3.8) is 0 Å². The Morgan fingerprint density at radius 3 is 2.52 bits per heavy atom. The molecular weight excluding hydrogens is 342 g/mol. The molecule has 7 nitrogen and oxygen atoms in total. The first-order valence-electron chi connectivity index (χ1n) is 10.2. The number of nitrogens with zero attached hydrogens (tertiary/aromatic N) is 4. The van der Waals surface area contributed by atoms with Gasteiger partial charge in [0.05, 0.1) is 6.54 Å². The van der Waals surface area contributed by atoms with Crippen molar-refractivity contribution < 1.29 is 9.59 Å². The molecule has 2 aliphatic heterocycles. The molecule has 2 amide bonds. The second-order valence-corrected chi connectivity index (χ2v) is 7.83. The van der Waals surface area contributed by atoms with E-state index in [2.05, 4.69) is 14.9 Å². The molecule has 0 aromatic carbocycles. The van der Waals surface area contributed by atoms with Crippen LogP contribution in [-0.2, 0) is 11.2 Å². The second-order valence-electron chi connectivity index (χ2n) is 7.83. The number of aromatic nitrogens is 2. The highest BCUT2D eigenvalue weighted by Crippen LogP contribution is 2.22. The number of hydrogen-bond donors (Lipinski definition) is 1. The van der Waals surface area contributed by atoms with Gasteiger partial charge in [-0.3, -0.25) is 14.5 Å². The van der Waals surface area contributed by atoms with E-state index in [9.17, 15) is 9.59 Å². The zero-order chi connectivity index (χ0) is 19.1. The van der Waals surface area contributed by atoms with E-state index in [1.807, 2.05) is 4.90 Å². The number of likely N-dealkylation sites (tertiary alicyclic amines) is 2. The van der Waals surface area contributed by atoms with Crippen molar-refractivity contribution in [1.82, 2.24) is 19.8 Å². The molecular formula is C20H31N5O2. The van der Waals surface area contributed by atoms with Crippen LogP contribution in [0.1, 0.15) is 61.1 Å². The highest BCUT2D eigenvalue weighted by atomic mass is 16.2. The van der Waals surface area contributed by atoms with Crippen LogP contribution in [0.15, 0.2) is 12.4 Å². The van der Waals surface area contributed by atoms with Gasteiger partial charge >= 0.3 is 0 Å². The van der Waals surface area contributed by atoms with Gasteiger partial charge in [-0.25, -0.2) is 9.97 Å². The first-order valence-corrected chi connectivity index (χ1v) is 10.2. The van der Waals surface area contributed by atoms with E-state index in [0.717, 1.165) is 57.6 Å². The molecule has 0 spiro atoms. The molecule has 1 unspecified atom stereocenters. The monoisotopic (exact) mass is 373 g/mol. The SMILES string of the molecule is NC(=O)c1cc(CC2CCCN(C(=O)CN3CCCCCC3)CC2)ncn1. The minimum atomic E-state index is -0.523. The van der Waals surface area contributed by atoms with Crippen molar-refractivity contribution >= 4 is 11.8 Å². The summed E-state index contributed by atoms with van der Waals surface area (Å²) >= 11 is 0. The molecule has 27 heavy (non-hydrogen) atoms.